The minimum Gasteiger partial charge on any atom is -0.634 e. The van der Waals surface area contributed by atoms with Gasteiger partial charge in [-0.25, -0.2) is 0 Å². The molecule has 0 radical (unpaired) electrons. The molecule has 1 saturated heterocycles. The van der Waals surface area contributed by atoms with Crippen LogP contribution in [0.3, 0.4) is 0 Å². The first kappa shape index (κ1) is 12.9. The summed E-state index contributed by atoms with van der Waals surface area (Å²) >= 11 is 0. The summed E-state index contributed by atoms with van der Waals surface area (Å²) in [6, 6.07) is 8.19. The van der Waals surface area contributed by atoms with Crippen molar-refractivity contribution in [3.05, 3.63) is 41.1 Å². The van der Waals surface area contributed by atoms with E-state index in [0.717, 1.165) is 0 Å². The molecule has 0 bridgehead atoms. The largest absolute Gasteiger partial charge is 0.634 e. The molecule has 18 heavy (non-hydrogen) atoms. The number of benzene rings is 1. The molecular weight excluding hydrogens is 230 g/mol. The molecule has 0 spiro atoms. The van der Waals surface area contributed by atoms with E-state index in [2.05, 4.69) is 0 Å². The van der Waals surface area contributed by atoms with Crippen molar-refractivity contribution in [1.82, 2.24) is 0 Å². The van der Waals surface area contributed by atoms with E-state index < -0.39 is 6.04 Å². The molecule has 4 heteroatoms. The molecule has 3 unspecified atom stereocenters. The number of hydroxylamine groups is 2. The van der Waals surface area contributed by atoms with Gasteiger partial charge in [0.1, 0.15) is 5.78 Å². The fraction of sp³-hybridized carbons (Fsp3) is 0.429. The van der Waals surface area contributed by atoms with E-state index >= 15 is 0 Å². The van der Waals surface area contributed by atoms with Crippen LogP contribution in [0.25, 0.3) is 0 Å². The average Bonchev–Trinajstić information content (AvgIpc) is 2.39. The van der Waals surface area contributed by atoms with Crippen LogP contribution in [-0.2, 0) is 4.79 Å². The standard InChI is InChI=1S/C14H17NO3/c1-10(16)12-7-8-15(18)13(9-12)14(17)11-5-3-2-4-6-11/h2-6,12-13,15H,7-9H2,1H3. The zero-order valence-electron chi connectivity index (χ0n) is 10.4. The highest BCUT2D eigenvalue weighted by Gasteiger charge is 2.35. The lowest BCUT2D eigenvalue weighted by Crippen LogP contribution is -3.13. The summed E-state index contributed by atoms with van der Waals surface area (Å²) < 4.78 is 0. The Balaban J connectivity index is 2.15. The van der Waals surface area contributed by atoms with E-state index in [1.165, 1.54) is 6.92 Å². The van der Waals surface area contributed by atoms with E-state index in [1.54, 1.807) is 24.3 Å². The molecule has 3 atom stereocenters. The van der Waals surface area contributed by atoms with Gasteiger partial charge in [-0.3, -0.25) is 9.59 Å². The predicted molar refractivity (Wildman–Crippen MR) is 67.2 cm³/mol. The molecule has 96 valence electrons. The monoisotopic (exact) mass is 247 g/mol. The first-order valence-corrected chi connectivity index (χ1v) is 6.22. The number of Topliss-reactive ketones (excluding diaryl/α,β-unsaturated/α-hetero) is 2. The van der Waals surface area contributed by atoms with Crippen LogP contribution in [0.15, 0.2) is 30.3 Å². The first-order chi connectivity index (χ1) is 8.59. The Morgan fingerprint density at radius 1 is 1.28 bits per heavy atom. The van der Waals surface area contributed by atoms with Crippen molar-refractivity contribution in [3.8, 4) is 0 Å². The third-order valence-corrected chi connectivity index (χ3v) is 3.60. The van der Waals surface area contributed by atoms with Crippen LogP contribution in [0.5, 0.6) is 0 Å². The van der Waals surface area contributed by atoms with Gasteiger partial charge in [0.05, 0.1) is 6.54 Å². The first-order valence-electron chi connectivity index (χ1n) is 6.22. The van der Waals surface area contributed by atoms with Gasteiger partial charge >= 0.3 is 0 Å². The molecule has 1 fully saturated rings. The van der Waals surface area contributed by atoms with E-state index in [1.807, 2.05) is 6.07 Å². The molecule has 1 N–H and O–H groups in total. The highest BCUT2D eigenvalue weighted by molar-refractivity contribution is 5.99. The van der Waals surface area contributed by atoms with Gasteiger partial charge in [-0.05, 0) is 6.92 Å². The maximum atomic E-state index is 12.2. The second-order valence-electron chi connectivity index (χ2n) is 4.83. The molecule has 1 aliphatic rings. The molecule has 0 saturated carbocycles. The smallest absolute Gasteiger partial charge is 0.220 e. The Morgan fingerprint density at radius 3 is 2.56 bits per heavy atom. The summed E-state index contributed by atoms with van der Waals surface area (Å²) in [5.41, 5.74) is 0.556. The summed E-state index contributed by atoms with van der Waals surface area (Å²) in [4.78, 5) is 23.6. The lowest BCUT2D eigenvalue weighted by Gasteiger charge is -2.37. The van der Waals surface area contributed by atoms with E-state index in [9.17, 15) is 14.8 Å². The summed E-state index contributed by atoms with van der Waals surface area (Å²) in [6.07, 6.45) is 0.967. The number of carbonyl (C=O) groups excluding carboxylic acids is 2. The third-order valence-electron chi connectivity index (χ3n) is 3.60. The molecule has 0 aromatic heterocycles. The lowest BCUT2D eigenvalue weighted by atomic mass is 9.86. The summed E-state index contributed by atoms with van der Waals surface area (Å²) in [6.45, 7) is 1.87. The SMILES string of the molecule is CC(=O)C1CC[NH+]([O-])C(C(=O)c2ccccc2)C1. The maximum absolute atomic E-state index is 12.2. The van der Waals surface area contributed by atoms with Gasteiger partial charge in [0.15, 0.2) is 6.04 Å². The Kier molecular flexibility index (Phi) is 3.89. The normalized spacial score (nSPS) is 27.8. The molecule has 1 aliphatic heterocycles. The van der Waals surface area contributed by atoms with Gasteiger partial charge in [-0.1, -0.05) is 30.3 Å². The number of hydrogen-bond acceptors (Lipinski definition) is 3. The number of hydrogen-bond donors (Lipinski definition) is 1. The van der Waals surface area contributed by atoms with Gasteiger partial charge in [-0.15, -0.1) is 0 Å². The van der Waals surface area contributed by atoms with Crippen molar-refractivity contribution in [2.75, 3.05) is 6.54 Å². The van der Waals surface area contributed by atoms with Gasteiger partial charge in [0.2, 0.25) is 5.78 Å². The minimum atomic E-state index is -0.630. The van der Waals surface area contributed by atoms with Gasteiger partial charge in [0.25, 0.3) is 0 Å². The summed E-state index contributed by atoms with van der Waals surface area (Å²) in [5, 5.41) is 11.8. The Hall–Kier alpha value is -1.52. The molecule has 2 rings (SSSR count). The number of quaternary nitrogens is 1. The zero-order chi connectivity index (χ0) is 13.1. The number of carbonyl (C=O) groups is 2. The minimum absolute atomic E-state index is 0.0265. The molecule has 4 nitrogen and oxygen atoms in total. The fourth-order valence-electron chi connectivity index (χ4n) is 2.45. The number of rotatable bonds is 3. The van der Waals surface area contributed by atoms with E-state index in [4.69, 9.17) is 0 Å². The Labute approximate surface area is 106 Å². The molecule has 1 heterocycles. The molecule has 1 aromatic rings. The van der Waals surface area contributed by atoms with E-state index in [-0.39, 0.29) is 22.5 Å². The topological polar surface area (TPSA) is 61.6 Å². The van der Waals surface area contributed by atoms with Crippen molar-refractivity contribution in [2.24, 2.45) is 5.92 Å². The number of piperidine rings is 1. The molecular formula is C14H17NO3. The summed E-state index contributed by atoms with van der Waals surface area (Å²) in [7, 11) is 0. The number of ketones is 2. The van der Waals surface area contributed by atoms with Crippen LogP contribution in [0, 0.1) is 11.1 Å². The number of nitrogens with one attached hydrogen (secondary N) is 1. The zero-order valence-corrected chi connectivity index (χ0v) is 10.4. The molecule has 0 aliphatic carbocycles. The van der Waals surface area contributed by atoms with Crippen LogP contribution in [0.1, 0.15) is 30.1 Å². The Morgan fingerprint density at radius 2 is 1.94 bits per heavy atom. The van der Waals surface area contributed by atoms with Crippen molar-refractivity contribution in [3.63, 3.8) is 0 Å². The van der Waals surface area contributed by atoms with Gasteiger partial charge in [0, 0.05) is 24.3 Å². The van der Waals surface area contributed by atoms with Crippen LogP contribution < -0.4 is 5.06 Å². The second kappa shape index (κ2) is 5.42. The quantitative estimate of drug-likeness (QED) is 0.629. The van der Waals surface area contributed by atoms with Crippen molar-refractivity contribution >= 4 is 11.6 Å². The van der Waals surface area contributed by atoms with Crippen molar-refractivity contribution in [1.29, 1.82) is 0 Å². The van der Waals surface area contributed by atoms with Crippen molar-refractivity contribution < 1.29 is 14.7 Å². The van der Waals surface area contributed by atoms with Crippen molar-refractivity contribution in [2.45, 2.75) is 25.8 Å². The second-order valence-corrected chi connectivity index (χ2v) is 4.83. The average molecular weight is 247 g/mol. The molecule has 1 aromatic carbocycles. The highest BCUT2D eigenvalue weighted by atomic mass is 16.5. The fourth-order valence-corrected chi connectivity index (χ4v) is 2.45. The maximum Gasteiger partial charge on any atom is 0.220 e. The van der Waals surface area contributed by atoms with Crippen LogP contribution >= 0.6 is 0 Å². The molecule has 0 amide bonds. The lowest BCUT2D eigenvalue weighted by molar-refractivity contribution is -0.871. The summed E-state index contributed by atoms with van der Waals surface area (Å²) in [5.74, 6) is -0.208. The van der Waals surface area contributed by atoms with Crippen LogP contribution in [-0.4, -0.2) is 24.2 Å². The highest BCUT2D eigenvalue weighted by Crippen LogP contribution is 2.17. The predicted octanol–water partition coefficient (Wildman–Crippen LogP) is 0.620. The van der Waals surface area contributed by atoms with Gasteiger partial charge in [-0.2, -0.15) is 0 Å². The van der Waals surface area contributed by atoms with E-state index in [0.29, 0.717) is 24.9 Å². The Bertz CT molecular complexity index is 444. The van der Waals surface area contributed by atoms with Crippen LogP contribution in [0.4, 0.5) is 0 Å². The van der Waals surface area contributed by atoms with Crippen LogP contribution in [0.2, 0.25) is 0 Å². The van der Waals surface area contributed by atoms with Gasteiger partial charge < -0.3 is 10.3 Å². The third kappa shape index (κ3) is 2.66.